The maximum Gasteiger partial charge on any atom is 0.318 e. The topological polar surface area (TPSA) is 89.6 Å². The van der Waals surface area contributed by atoms with Gasteiger partial charge < -0.3 is 4.98 Å². The molecule has 2 heterocycles. The summed E-state index contributed by atoms with van der Waals surface area (Å²) in [7, 11) is 1.64. The lowest BCUT2D eigenvalue weighted by Crippen LogP contribution is -1.90. The molecule has 3 aromatic rings. The molecule has 0 radical (unpaired) electrons. The molecule has 0 bridgehead atoms. The molecule has 90 valence electrons. The van der Waals surface area contributed by atoms with Crippen molar-refractivity contribution in [2.24, 2.45) is 7.05 Å². The van der Waals surface area contributed by atoms with Crippen molar-refractivity contribution in [3.63, 3.8) is 0 Å². The van der Waals surface area contributed by atoms with Crippen molar-refractivity contribution in [3.05, 3.63) is 40.6 Å². The molecular weight excluding hydrogens is 234 g/mol. The predicted molar refractivity (Wildman–Crippen MR) is 65.0 cm³/mol. The summed E-state index contributed by atoms with van der Waals surface area (Å²) in [5.74, 6) is 0.406. The summed E-state index contributed by atoms with van der Waals surface area (Å²) >= 11 is 0. The number of fused-ring (bicyclic) bond motifs is 1. The third kappa shape index (κ3) is 1.53. The Bertz CT molecular complexity index is 710. The van der Waals surface area contributed by atoms with Crippen molar-refractivity contribution in [3.8, 4) is 11.5 Å². The largest absolute Gasteiger partial charge is 0.336 e. The van der Waals surface area contributed by atoms with E-state index >= 15 is 0 Å². The molecule has 0 spiro atoms. The van der Waals surface area contributed by atoms with Crippen LogP contribution in [0.25, 0.3) is 22.6 Å². The Labute approximate surface area is 101 Å². The monoisotopic (exact) mass is 243 g/mol. The van der Waals surface area contributed by atoms with E-state index < -0.39 is 4.92 Å². The van der Waals surface area contributed by atoms with E-state index in [9.17, 15) is 10.1 Å². The van der Waals surface area contributed by atoms with Crippen LogP contribution in [0.2, 0.25) is 0 Å². The molecule has 0 amide bonds. The summed E-state index contributed by atoms with van der Waals surface area (Å²) in [5.41, 5.74) is 1.77. The van der Waals surface area contributed by atoms with Crippen molar-refractivity contribution in [1.29, 1.82) is 0 Å². The van der Waals surface area contributed by atoms with Crippen LogP contribution in [-0.4, -0.2) is 24.7 Å². The lowest BCUT2D eigenvalue weighted by atomic mass is 10.3. The third-order valence-electron chi connectivity index (χ3n) is 2.62. The second-order valence-electron chi connectivity index (χ2n) is 3.90. The van der Waals surface area contributed by atoms with E-state index in [1.54, 1.807) is 7.05 Å². The van der Waals surface area contributed by atoms with Gasteiger partial charge in [0.05, 0.1) is 16.0 Å². The number of aromatic nitrogens is 4. The number of rotatable bonds is 2. The van der Waals surface area contributed by atoms with Crippen LogP contribution < -0.4 is 0 Å². The van der Waals surface area contributed by atoms with Gasteiger partial charge >= 0.3 is 5.69 Å². The molecular formula is C11H9N5O2. The summed E-state index contributed by atoms with van der Waals surface area (Å²) in [4.78, 5) is 17.8. The molecule has 0 saturated carbocycles. The van der Waals surface area contributed by atoms with E-state index in [2.05, 4.69) is 15.1 Å². The van der Waals surface area contributed by atoms with Crippen molar-refractivity contribution in [2.75, 3.05) is 0 Å². The standard InChI is InChI=1S/C11H9N5O2/c1-15-6-9(16(17)18)10(14-15)11-12-7-4-2-3-5-8(7)13-11/h2-6H,1H3,(H,12,13). The molecule has 1 N–H and O–H groups in total. The van der Waals surface area contributed by atoms with Gasteiger partial charge in [-0.05, 0) is 12.1 Å². The number of hydrogen-bond donors (Lipinski definition) is 1. The molecule has 0 aliphatic rings. The maximum absolute atomic E-state index is 10.9. The van der Waals surface area contributed by atoms with Crippen molar-refractivity contribution < 1.29 is 4.92 Å². The Balaban J connectivity index is 2.22. The predicted octanol–water partition coefficient (Wildman–Crippen LogP) is 1.87. The fourth-order valence-electron chi connectivity index (χ4n) is 1.84. The lowest BCUT2D eigenvalue weighted by Gasteiger charge is -1.89. The van der Waals surface area contributed by atoms with Gasteiger partial charge in [-0.1, -0.05) is 12.1 Å². The molecule has 0 aliphatic carbocycles. The van der Waals surface area contributed by atoms with Gasteiger partial charge in [0, 0.05) is 7.05 Å². The number of imidazole rings is 1. The summed E-state index contributed by atoms with van der Waals surface area (Å²) in [5, 5.41) is 15.0. The molecule has 3 rings (SSSR count). The maximum atomic E-state index is 10.9. The van der Waals surface area contributed by atoms with E-state index in [1.165, 1.54) is 10.9 Å². The van der Waals surface area contributed by atoms with E-state index in [-0.39, 0.29) is 11.4 Å². The van der Waals surface area contributed by atoms with Crippen LogP contribution in [0.15, 0.2) is 30.5 Å². The van der Waals surface area contributed by atoms with E-state index in [4.69, 9.17) is 0 Å². The summed E-state index contributed by atoms with van der Waals surface area (Å²) in [6, 6.07) is 7.43. The number of aromatic amines is 1. The molecule has 0 atom stereocenters. The van der Waals surface area contributed by atoms with Crippen LogP contribution in [0.5, 0.6) is 0 Å². The zero-order valence-corrected chi connectivity index (χ0v) is 9.49. The minimum Gasteiger partial charge on any atom is -0.336 e. The first kappa shape index (κ1) is 10.5. The number of aryl methyl sites for hydroxylation is 1. The van der Waals surface area contributed by atoms with Crippen molar-refractivity contribution in [2.45, 2.75) is 0 Å². The SMILES string of the molecule is Cn1cc([N+](=O)[O-])c(-c2nc3ccccc3[nH]2)n1. The fourth-order valence-corrected chi connectivity index (χ4v) is 1.84. The van der Waals surface area contributed by atoms with Gasteiger partial charge in [-0.2, -0.15) is 5.10 Å². The Morgan fingerprint density at radius 3 is 2.89 bits per heavy atom. The first-order valence-electron chi connectivity index (χ1n) is 5.28. The van der Waals surface area contributed by atoms with Crippen molar-refractivity contribution >= 4 is 16.7 Å². The highest BCUT2D eigenvalue weighted by Gasteiger charge is 2.22. The Kier molecular flexibility index (Phi) is 2.12. The number of nitrogens with one attached hydrogen (secondary N) is 1. The Morgan fingerprint density at radius 2 is 2.17 bits per heavy atom. The Hall–Kier alpha value is -2.70. The molecule has 1 aromatic carbocycles. The van der Waals surface area contributed by atoms with Gasteiger partial charge in [0.2, 0.25) is 5.69 Å². The van der Waals surface area contributed by atoms with Crippen molar-refractivity contribution in [1.82, 2.24) is 19.7 Å². The quantitative estimate of drug-likeness (QED) is 0.549. The average molecular weight is 243 g/mol. The normalized spacial score (nSPS) is 10.9. The van der Waals surface area contributed by atoms with E-state index in [0.29, 0.717) is 5.82 Å². The summed E-state index contributed by atoms with van der Waals surface area (Å²) < 4.78 is 1.40. The highest BCUT2D eigenvalue weighted by molar-refractivity contribution is 5.80. The van der Waals surface area contributed by atoms with Crippen LogP contribution >= 0.6 is 0 Å². The van der Waals surface area contributed by atoms with Gasteiger partial charge in [-0.15, -0.1) is 0 Å². The molecule has 2 aromatic heterocycles. The average Bonchev–Trinajstić information content (AvgIpc) is 2.91. The number of hydrogen-bond acceptors (Lipinski definition) is 4. The van der Waals surface area contributed by atoms with Crippen LogP contribution in [0, 0.1) is 10.1 Å². The number of nitro groups is 1. The van der Waals surface area contributed by atoms with Gasteiger partial charge in [0.25, 0.3) is 0 Å². The van der Waals surface area contributed by atoms with Gasteiger partial charge in [0.1, 0.15) is 6.20 Å². The molecule has 7 heteroatoms. The van der Waals surface area contributed by atoms with Gasteiger partial charge in [0.15, 0.2) is 5.82 Å². The first-order valence-corrected chi connectivity index (χ1v) is 5.28. The molecule has 0 saturated heterocycles. The van der Waals surface area contributed by atoms with Crippen LogP contribution in [0.3, 0.4) is 0 Å². The fraction of sp³-hybridized carbons (Fsp3) is 0.0909. The highest BCUT2D eigenvalue weighted by atomic mass is 16.6. The number of nitrogens with zero attached hydrogens (tertiary/aromatic N) is 4. The van der Waals surface area contributed by atoms with Crippen LogP contribution in [-0.2, 0) is 7.05 Å². The molecule has 18 heavy (non-hydrogen) atoms. The zero-order chi connectivity index (χ0) is 12.7. The molecule has 0 aliphatic heterocycles. The van der Waals surface area contributed by atoms with Gasteiger partial charge in [-0.3, -0.25) is 14.8 Å². The molecule has 7 nitrogen and oxygen atoms in total. The third-order valence-corrected chi connectivity index (χ3v) is 2.62. The van der Waals surface area contributed by atoms with Crippen LogP contribution in [0.4, 0.5) is 5.69 Å². The van der Waals surface area contributed by atoms with E-state index in [1.807, 2.05) is 24.3 Å². The lowest BCUT2D eigenvalue weighted by molar-refractivity contribution is -0.384. The minimum absolute atomic E-state index is 0.0587. The smallest absolute Gasteiger partial charge is 0.318 e. The van der Waals surface area contributed by atoms with E-state index in [0.717, 1.165) is 11.0 Å². The second-order valence-corrected chi connectivity index (χ2v) is 3.90. The molecule has 0 fully saturated rings. The first-order chi connectivity index (χ1) is 8.65. The Morgan fingerprint density at radius 1 is 1.39 bits per heavy atom. The summed E-state index contributed by atoms with van der Waals surface area (Å²) in [6.45, 7) is 0. The summed E-state index contributed by atoms with van der Waals surface area (Å²) in [6.07, 6.45) is 1.36. The highest BCUT2D eigenvalue weighted by Crippen LogP contribution is 2.27. The minimum atomic E-state index is -0.463. The molecule has 0 unspecified atom stereocenters. The van der Waals surface area contributed by atoms with Crippen LogP contribution in [0.1, 0.15) is 0 Å². The number of benzene rings is 1. The number of H-pyrrole nitrogens is 1. The second kappa shape index (κ2) is 3.66. The zero-order valence-electron chi connectivity index (χ0n) is 9.49. The van der Waals surface area contributed by atoms with Gasteiger partial charge in [-0.25, -0.2) is 4.98 Å². The number of para-hydroxylation sites is 2.